The fraction of sp³-hybridized carbons (Fsp3) is 0.800. The maximum absolute atomic E-state index is 3.76. The highest BCUT2D eigenvalue weighted by atomic mass is 15.2. The van der Waals surface area contributed by atoms with Gasteiger partial charge in [0.2, 0.25) is 0 Å². The van der Waals surface area contributed by atoms with Crippen LogP contribution in [0.4, 0.5) is 0 Å². The predicted octanol–water partition coefficient (Wildman–Crippen LogP) is 1.10. The van der Waals surface area contributed by atoms with Crippen molar-refractivity contribution in [3.63, 3.8) is 0 Å². The number of piperazine rings is 1. The molecule has 70 valence electrons. The molecule has 0 aromatic rings. The van der Waals surface area contributed by atoms with Crippen LogP contribution in [0.1, 0.15) is 13.8 Å². The molecule has 0 bridgehead atoms. The van der Waals surface area contributed by atoms with E-state index < -0.39 is 0 Å². The van der Waals surface area contributed by atoms with Gasteiger partial charge in [-0.1, -0.05) is 19.9 Å². The zero-order chi connectivity index (χ0) is 8.97. The van der Waals surface area contributed by atoms with E-state index in [0.717, 1.165) is 25.6 Å². The van der Waals surface area contributed by atoms with E-state index in [1.54, 1.807) is 0 Å². The summed E-state index contributed by atoms with van der Waals surface area (Å²) in [5.41, 5.74) is 0. The van der Waals surface area contributed by atoms with Gasteiger partial charge in [0.1, 0.15) is 0 Å². The molecule has 1 unspecified atom stereocenters. The topological polar surface area (TPSA) is 15.3 Å². The molecule has 0 aromatic heterocycles. The van der Waals surface area contributed by atoms with Crippen LogP contribution in [0.2, 0.25) is 0 Å². The highest BCUT2D eigenvalue weighted by molar-refractivity contribution is 4.84. The van der Waals surface area contributed by atoms with Crippen LogP contribution in [-0.4, -0.2) is 37.1 Å². The smallest absolute Gasteiger partial charge is 0.0218 e. The van der Waals surface area contributed by atoms with Gasteiger partial charge in [-0.3, -0.25) is 4.90 Å². The summed E-state index contributed by atoms with van der Waals surface area (Å²) in [7, 11) is 0. The Labute approximate surface area is 75.6 Å². The van der Waals surface area contributed by atoms with Crippen molar-refractivity contribution < 1.29 is 0 Å². The van der Waals surface area contributed by atoms with Crippen molar-refractivity contribution in [1.82, 2.24) is 10.2 Å². The van der Waals surface area contributed by atoms with Gasteiger partial charge in [0.05, 0.1) is 0 Å². The third-order valence-corrected chi connectivity index (χ3v) is 2.48. The Hall–Kier alpha value is -0.340. The average Bonchev–Trinajstić information content (AvgIpc) is 2.05. The van der Waals surface area contributed by atoms with Gasteiger partial charge in [0, 0.05) is 32.2 Å². The maximum atomic E-state index is 3.76. The van der Waals surface area contributed by atoms with Crippen LogP contribution in [0.3, 0.4) is 0 Å². The quantitative estimate of drug-likeness (QED) is 0.635. The Bertz CT molecular complexity index is 143. The molecule has 1 fully saturated rings. The fourth-order valence-corrected chi connectivity index (χ4v) is 1.64. The molecule has 1 aliphatic rings. The molecule has 0 aliphatic carbocycles. The zero-order valence-electron chi connectivity index (χ0n) is 8.21. The van der Waals surface area contributed by atoms with Crippen LogP contribution < -0.4 is 5.32 Å². The lowest BCUT2D eigenvalue weighted by molar-refractivity contribution is 0.190. The lowest BCUT2D eigenvalue weighted by Crippen LogP contribution is -2.52. The first-order valence-electron chi connectivity index (χ1n) is 4.80. The molecule has 1 saturated heterocycles. The van der Waals surface area contributed by atoms with Crippen LogP contribution in [0.25, 0.3) is 0 Å². The highest BCUT2D eigenvalue weighted by Gasteiger charge is 2.20. The first-order chi connectivity index (χ1) is 5.74. The monoisotopic (exact) mass is 168 g/mol. The Kier molecular flexibility index (Phi) is 3.76. The third kappa shape index (κ3) is 2.61. The summed E-state index contributed by atoms with van der Waals surface area (Å²) in [6.07, 6.45) is 1.99. The van der Waals surface area contributed by atoms with E-state index >= 15 is 0 Å². The molecule has 2 nitrogen and oxygen atoms in total. The van der Waals surface area contributed by atoms with E-state index in [9.17, 15) is 0 Å². The van der Waals surface area contributed by atoms with Gasteiger partial charge >= 0.3 is 0 Å². The molecule has 0 saturated carbocycles. The Balaban J connectivity index is 2.34. The van der Waals surface area contributed by atoms with Crippen LogP contribution in [0.5, 0.6) is 0 Å². The molecule has 0 spiro atoms. The molecule has 2 heteroatoms. The van der Waals surface area contributed by atoms with Crippen molar-refractivity contribution in [3.8, 4) is 0 Å². The van der Waals surface area contributed by atoms with Crippen LogP contribution in [-0.2, 0) is 0 Å². The molecule has 1 rings (SSSR count). The van der Waals surface area contributed by atoms with E-state index in [0.29, 0.717) is 6.04 Å². The summed E-state index contributed by atoms with van der Waals surface area (Å²) < 4.78 is 0. The third-order valence-electron chi connectivity index (χ3n) is 2.48. The lowest BCUT2D eigenvalue weighted by Gasteiger charge is -2.35. The van der Waals surface area contributed by atoms with Crippen molar-refractivity contribution in [2.45, 2.75) is 19.9 Å². The number of hydrogen-bond acceptors (Lipinski definition) is 2. The van der Waals surface area contributed by atoms with Gasteiger partial charge in [-0.2, -0.15) is 0 Å². The fourth-order valence-electron chi connectivity index (χ4n) is 1.64. The van der Waals surface area contributed by atoms with E-state index in [2.05, 4.69) is 30.6 Å². The van der Waals surface area contributed by atoms with Crippen molar-refractivity contribution in [2.75, 3.05) is 26.2 Å². The minimum absolute atomic E-state index is 0.665. The molecule has 12 heavy (non-hydrogen) atoms. The summed E-state index contributed by atoms with van der Waals surface area (Å²) in [5, 5.41) is 3.53. The number of nitrogens with one attached hydrogen (secondary N) is 1. The predicted molar refractivity (Wildman–Crippen MR) is 53.3 cm³/mol. The average molecular weight is 168 g/mol. The first kappa shape index (κ1) is 9.75. The molecular formula is C10H20N2. The van der Waals surface area contributed by atoms with Gasteiger partial charge in [-0.05, 0) is 5.92 Å². The van der Waals surface area contributed by atoms with Crippen molar-refractivity contribution in [3.05, 3.63) is 12.7 Å². The minimum atomic E-state index is 0.665. The number of hydrogen-bond donors (Lipinski definition) is 1. The van der Waals surface area contributed by atoms with Crippen LogP contribution in [0.15, 0.2) is 12.7 Å². The van der Waals surface area contributed by atoms with Gasteiger partial charge in [0.25, 0.3) is 0 Å². The van der Waals surface area contributed by atoms with E-state index in [1.807, 2.05) is 6.08 Å². The van der Waals surface area contributed by atoms with Gasteiger partial charge in [-0.25, -0.2) is 0 Å². The normalized spacial score (nSPS) is 26.1. The van der Waals surface area contributed by atoms with Crippen molar-refractivity contribution in [1.29, 1.82) is 0 Å². The lowest BCUT2D eigenvalue weighted by atomic mass is 10.0. The number of nitrogens with zero attached hydrogens (tertiary/aromatic N) is 1. The summed E-state index contributed by atoms with van der Waals surface area (Å²) >= 11 is 0. The Morgan fingerprint density at radius 3 is 3.00 bits per heavy atom. The molecule has 0 radical (unpaired) electrons. The molecule has 1 atom stereocenters. The second-order valence-electron chi connectivity index (χ2n) is 3.85. The second-order valence-corrected chi connectivity index (χ2v) is 3.85. The van der Waals surface area contributed by atoms with E-state index in [4.69, 9.17) is 0 Å². The summed E-state index contributed by atoms with van der Waals surface area (Å²) in [6.45, 7) is 12.8. The van der Waals surface area contributed by atoms with Crippen LogP contribution in [0, 0.1) is 5.92 Å². The maximum Gasteiger partial charge on any atom is 0.0218 e. The summed E-state index contributed by atoms with van der Waals surface area (Å²) in [5.74, 6) is 0.734. The van der Waals surface area contributed by atoms with Gasteiger partial charge < -0.3 is 5.32 Å². The molecule has 0 amide bonds. The largest absolute Gasteiger partial charge is 0.311 e. The first-order valence-corrected chi connectivity index (χ1v) is 4.80. The number of rotatable bonds is 3. The molecule has 1 N–H and O–H groups in total. The van der Waals surface area contributed by atoms with Gasteiger partial charge in [-0.15, -0.1) is 6.58 Å². The van der Waals surface area contributed by atoms with E-state index in [1.165, 1.54) is 6.54 Å². The van der Waals surface area contributed by atoms with E-state index in [-0.39, 0.29) is 0 Å². The zero-order valence-corrected chi connectivity index (χ0v) is 8.21. The standard InChI is InChI=1S/C10H20N2/c1-4-6-12-7-5-11-10(8-12)9(2)3/h4,9-11H,1,5-8H2,2-3H3. The Morgan fingerprint density at radius 1 is 1.67 bits per heavy atom. The SMILES string of the molecule is C=CCN1CCNC(C(C)C)C1. The second kappa shape index (κ2) is 4.63. The molecule has 0 aromatic carbocycles. The molecular weight excluding hydrogens is 148 g/mol. The van der Waals surface area contributed by atoms with Crippen molar-refractivity contribution >= 4 is 0 Å². The Morgan fingerprint density at radius 2 is 2.42 bits per heavy atom. The highest BCUT2D eigenvalue weighted by Crippen LogP contribution is 2.07. The molecule has 1 heterocycles. The summed E-state index contributed by atoms with van der Waals surface area (Å²) in [4.78, 5) is 2.45. The molecule has 1 aliphatic heterocycles. The minimum Gasteiger partial charge on any atom is -0.311 e. The van der Waals surface area contributed by atoms with Crippen LogP contribution >= 0.6 is 0 Å². The summed E-state index contributed by atoms with van der Waals surface area (Å²) in [6, 6.07) is 0.665. The van der Waals surface area contributed by atoms with Crippen molar-refractivity contribution in [2.24, 2.45) is 5.92 Å². The van der Waals surface area contributed by atoms with Gasteiger partial charge in [0.15, 0.2) is 0 Å².